The molecule has 2 N–H and O–H groups in total. The van der Waals surface area contributed by atoms with Gasteiger partial charge in [-0.05, 0) is 33.6 Å². The zero-order valence-electron chi connectivity index (χ0n) is 12.4. The van der Waals surface area contributed by atoms with Crippen LogP contribution in [0.5, 0.6) is 0 Å². The maximum absolute atomic E-state index is 5.90. The highest BCUT2D eigenvalue weighted by molar-refractivity contribution is 7.80. The molecule has 2 unspecified atom stereocenters. The van der Waals surface area contributed by atoms with Crippen LogP contribution in [0.4, 0.5) is 0 Å². The molecule has 2 heterocycles. The molecule has 0 spiro atoms. The molecule has 0 aromatic carbocycles. The minimum Gasteiger partial charge on any atom is -0.392 e. The molecule has 2 saturated heterocycles. The SMILES string of the molecule is CC1CCC(CN2CCN(C(C)(C)C(N)=S)CC2)O1. The van der Waals surface area contributed by atoms with Gasteiger partial charge in [-0.15, -0.1) is 0 Å². The zero-order valence-corrected chi connectivity index (χ0v) is 13.2. The Kier molecular flexibility index (Phi) is 4.82. The topological polar surface area (TPSA) is 41.7 Å². The van der Waals surface area contributed by atoms with Gasteiger partial charge in [0.25, 0.3) is 0 Å². The van der Waals surface area contributed by atoms with Crippen LogP contribution in [-0.2, 0) is 4.74 Å². The lowest BCUT2D eigenvalue weighted by molar-refractivity contribution is 0.0121. The standard InChI is InChI=1S/C14H27N3OS/c1-11-4-5-12(18-11)10-16-6-8-17(9-7-16)14(2,3)13(15)19/h11-12H,4-10H2,1-3H3,(H2,15,19). The number of ether oxygens (including phenoxy) is 1. The second-order valence-corrected chi connectivity index (χ2v) is 6.80. The van der Waals surface area contributed by atoms with Crippen LogP contribution in [0.3, 0.4) is 0 Å². The Balaban J connectivity index is 1.78. The van der Waals surface area contributed by atoms with E-state index in [1.165, 1.54) is 12.8 Å². The molecule has 5 heteroatoms. The fourth-order valence-electron chi connectivity index (χ4n) is 2.95. The van der Waals surface area contributed by atoms with Crippen molar-refractivity contribution in [3.05, 3.63) is 0 Å². The van der Waals surface area contributed by atoms with Gasteiger partial charge in [-0.1, -0.05) is 12.2 Å². The van der Waals surface area contributed by atoms with Gasteiger partial charge in [-0.2, -0.15) is 0 Å². The Hall–Kier alpha value is -0.230. The first kappa shape index (κ1) is 15.2. The van der Waals surface area contributed by atoms with Crippen LogP contribution in [0.1, 0.15) is 33.6 Å². The highest BCUT2D eigenvalue weighted by Gasteiger charge is 2.33. The number of hydrogen-bond donors (Lipinski definition) is 1. The summed E-state index contributed by atoms with van der Waals surface area (Å²) in [7, 11) is 0. The van der Waals surface area contributed by atoms with Gasteiger partial charge in [0.2, 0.25) is 0 Å². The molecule has 4 nitrogen and oxygen atoms in total. The van der Waals surface area contributed by atoms with Gasteiger partial charge < -0.3 is 10.5 Å². The maximum Gasteiger partial charge on any atom is 0.0928 e. The minimum atomic E-state index is -0.167. The van der Waals surface area contributed by atoms with E-state index in [1.54, 1.807) is 0 Å². The molecule has 2 atom stereocenters. The third kappa shape index (κ3) is 3.66. The number of piperazine rings is 1. The van der Waals surface area contributed by atoms with Crippen molar-refractivity contribution in [3.63, 3.8) is 0 Å². The molecular formula is C14H27N3OS. The van der Waals surface area contributed by atoms with E-state index in [-0.39, 0.29) is 5.54 Å². The molecular weight excluding hydrogens is 258 g/mol. The van der Waals surface area contributed by atoms with Crippen molar-refractivity contribution in [3.8, 4) is 0 Å². The Morgan fingerprint density at radius 1 is 1.26 bits per heavy atom. The van der Waals surface area contributed by atoms with E-state index in [0.717, 1.165) is 32.7 Å². The molecule has 2 fully saturated rings. The normalized spacial score (nSPS) is 30.7. The maximum atomic E-state index is 5.90. The summed E-state index contributed by atoms with van der Waals surface area (Å²) >= 11 is 5.17. The quantitative estimate of drug-likeness (QED) is 0.787. The lowest BCUT2D eigenvalue weighted by atomic mass is 10.0. The van der Waals surface area contributed by atoms with Crippen molar-refractivity contribution in [1.29, 1.82) is 0 Å². The van der Waals surface area contributed by atoms with Crippen LogP contribution in [0.25, 0.3) is 0 Å². The van der Waals surface area contributed by atoms with Gasteiger partial charge in [-0.3, -0.25) is 9.80 Å². The van der Waals surface area contributed by atoms with Crippen molar-refractivity contribution < 1.29 is 4.74 Å². The molecule has 0 saturated carbocycles. The number of rotatable bonds is 4. The van der Waals surface area contributed by atoms with E-state index in [4.69, 9.17) is 22.7 Å². The summed E-state index contributed by atoms with van der Waals surface area (Å²) in [4.78, 5) is 5.49. The van der Waals surface area contributed by atoms with Crippen LogP contribution >= 0.6 is 12.2 Å². The molecule has 0 aromatic heterocycles. The first-order chi connectivity index (χ1) is 8.89. The molecule has 19 heavy (non-hydrogen) atoms. The van der Waals surface area contributed by atoms with Gasteiger partial charge in [0.1, 0.15) is 0 Å². The molecule has 0 aromatic rings. The summed E-state index contributed by atoms with van der Waals surface area (Å²) in [5, 5.41) is 0. The fraction of sp³-hybridized carbons (Fsp3) is 0.929. The Morgan fingerprint density at radius 3 is 2.37 bits per heavy atom. The molecule has 0 bridgehead atoms. The number of nitrogens with zero attached hydrogens (tertiary/aromatic N) is 2. The second kappa shape index (κ2) is 6.04. The monoisotopic (exact) mass is 285 g/mol. The molecule has 0 aliphatic carbocycles. The summed E-state index contributed by atoms with van der Waals surface area (Å²) in [6, 6.07) is 0. The zero-order chi connectivity index (χ0) is 14.0. The van der Waals surface area contributed by atoms with Crippen LogP contribution < -0.4 is 5.73 Å². The average molecular weight is 285 g/mol. The molecule has 110 valence electrons. The van der Waals surface area contributed by atoms with Crippen LogP contribution in [-0.4, -0.2) is 65.3 Å². The smallest absolute Gasteiger partial charge is 0.0928 e. The van der Waals surface area contributed by atoms with Crippen molar-refractivity contribution in [2.24, 2.45) is 5.73 Å². The minimum absolute atomic E-state index is 0.167. The van der Waals surface area contributed by atoms with E-state index in [9.17, 15) is 0 Å². The Morgan fingerprint density at radius 2 is 1.89 bits per heavy atom. The first-order valence-electron chi connectivity index (χ1n) is 7.32. The molecule has 0 amide bonds. The van der Waals surface area contributed by atoms with Gasteiger partial charge in [0.15, 0.2) is 0 Å². The van der Waals surface area contributed by atoms with Crippen molar-refractivity contribution in [1.82, 2.24) is 9.80 Å². The van der Waals surface area contributed by atoms with Crippen molar-refractivity contribution >= 4 is 17.2 Å². The molecule has 2 aliphatic heterocycles. The predicted octanol–water partition coefficient (Wildman–Crippen LogP) is 1.24. The van der Waals surface area contributed by atoms with Gasteiger partial charge in [0, 0.05) is 32.7 Å². The van der Waals surface area contributed by atoms with E-state index < -0.39 is 0 Å². The summed E-state index contributed by atoms with van der Waals surface area (Å²) in [6.07, 6.45) is 3.30. The summed E-state index contributed by atoms with van der Waals surface area (Å²) in [6.45, 7) is 11.7. The summed E-state index contributed by atoms with van der Waals surface area (Å²) in [5.41, 5.74) is 5.67. The molecule has 2 aliphatic rings. The van der Waals surface area contributed by atoms with Crippen molar-refractivity contribution in [2.75, 3.05) is 32.7 Å². The van der Waals surface area contributed by atoms with Crippen molar-refractivity contribution in [2.45, 2.75) is 51.4 Å². The summed E-state index contributed by atoms with van der Waals surface area (Å²) < 4.78 is 5.90. The highest BCUT2D eigenvalue weighted by Crippen LogP contribution is 2.22. The van der Waals surface area contributed by atoms with E-state index >= 15 is 0 Å². The number of thiocarbonyl (C=S) groups is 1. The Labute approximate surface area is 122 Å². The number of hydrogen-bond acceptors (Lipinski definition) is 4. The lowest BCUT2D eigenvalue weighted by Crippen LogP contribution is -2.59. The van der Waals surface area contributed by atoms with Gasteiger partial charge >= 0.3 is 0 Å². The van der Waals surface area contributed by atoms with E-state index in [1.807, 2.05) is 0 Å². The molecule has 2 rings (SSSR count). The Bertz CT molecular complexity index is 327. The predicted molar refractivity (Wildman–Crippen MR) is 82.4 cm³/mol. The number of nitrogens with two attached hydrogens (primary N) is 1. The third-order valence-electron chi connectivity index (χ3n) is 4.55. The highest BCUT2D eigenvalue weighted by atomic mass is 32.1. The van der Waals surface area contributed by atoms with E-state index in [2.05, 4.69) is 30.6 Å². The van der Waals surface area contributed by atoms with Crippen LogP contribution in [0, 0.1) is 0 Å². The van der Waals surface area contributed by atoms with E-state index in [0.29, 0.717) is 17.2 Å². The molecule has 0 radical (unpaired) electrons. The fourth-order valence-corrected chi connectivity index (χ4v) is 3.08. The van der Waals surface area contributed by atoms with Gasteiger partial charge in [0.05, 0.1) is 22.7 Å². The summed E-state index contributed by atoms with van der Waals surface area (Å²) in [5.74, 6) is 0. The van der Waals surface area contributed by atoms with Crippen LogP contribution in [0.2, 0.25) is 0 Å². The largest absolute Gasteiger partial charge is 0.392 e. The van der Waals surface area contributed by atoms with Gasteiger partial charge in [-0.25, -0.2) is 0 Å². The van der Waals surface area contributed by atoms with Crippen LogP contribution in [0.15, 0.2) is 0 Å². The first-order valence-corrected chi connectivity index (χ1v) is 7.73. The average Bonchev–Trinajstić information content (AvgIpc) is 2.75. The second-order valence-electron chi connectivity index (χ2n) is 6.36. The lowest BCUT2D eigenvalue weighted by Gasteiger charge is -2.43. The third-order valence-corrected chi connectivity index (χ3v) is 5.05.